The van der Waals surface area contributed by atoms with Crippen molar-refractivity contribution in [2.75, 3.05) is 10.6 Å². The lowest BCUT2D eigenvalue weighted by Crippen LogP contribution is -2.63. The number of hydrogen-bond acceptors (Lipinski definition) is 6. The molecule has 1 heterocycles. The van der Waals surface area contributed by atoms with E-state index in [1.54, 1.807) is 0 Å². The van der Waals surface area contributed by atoms with Crippen molar-refractivity contribution in [1.82, 2.24) is 9.97 Å². The molecule has 4 fully saturated rings. The summed E-state index contributed by atoms with van der Waals surface area (Å²) >= 11 is 0. The Morgan fingerprint density at radius 2 is 1.96 bits per heavy atom. The molecule has 23 heavy (non-hydrogen) atoms. The first-order valence-electron chi connectivity index (χ1n) is 8.43. The van der Waals surface area contributed by atoms with Gasteiger partial charge in [0.05, 0.1) is 11.7 Å². The molecule has 2 bridgehead atoms. The van der Waals surface area contributed by atoms with Crippen LogP contribution in [0.15, 0.2) is 6.20 Å². The highest BCUT2D eigenvalue weighted by Crippen LogP contribution is 2.58. The molecule has 0 atom stereocenters. The van der Waals surface area contributed by atoms with Gasteiger partial charge in [0.2, 0.25) is 5.95 Å². The highest BCUT2D eigenvalue weighted by molar-refractivity contribution is 5.97. The summed E-state index contributed by atoms with van der Waals surface area (Å²) in [5, 5.41) is 16.3. The van der Waals surface area contributed by atoms with Crippen molar-refractivity contribution in [3.8, 4) is 0 Å². The van der Waals surface area contributed by atoms with Gasteiger partial charge < -0.3 is 21.5 Å². The molecule has 0 saturated heterocycles. The van der Waals surface area contributed by atoms with Crippen LogP contribution in [0, 0.1) is 5.92 Å². The standard InChI is InChI=1S/C16H23N5O2/c17-13(23)12-8-18-15(19-10-1-3-11(22)4-2-10)20-14(12)21-16-5-9(6-16)7-16/h8-11,22H,1-7H2,(H2,17,23)(H2,18,19,20,21)/t9?,10-,11-,16?. The molecule has 0 aromatic carbocycles. The second kappa shape index (κ2) is 5.33. The summed E-state index contributed by atoms with van der Waals surface area (Å²) in [6.45, 7) is 0. The minimum Gasteiger partial charge on any atom is -0.393 e. The van der Waals surface area contributed by atoms with Crippen molar-refractivity contribution in [3.63, 3.8) is 0 Å². The van der Waals surface area contributed by atoms with Gasteiger partial charge in [0.1, 0.15) is 5.82 Å². The number of carbonyl (C=O) groups excluding carboxylic acids is 1. The van der Waals surface area contributed by atoms with Crippen molar-refractivity contribution in [3.05, 3.63) is 11.8 Å². The Balaban J connectivity index is 1.50. The number of anilines is 2. The van der Waals surface area contributed by atoms with Gasteiger partial charge in [-0.05, 0) is 50.9 Å². The van der Waals surface area contributed by atoms with Crippen LogP contribution in [0.3, 0.4) is 0 Å². The summed E-state index contributed by atoms with van der Waals surface area (Å²) < 4.78 is 0. The number of amides is 1. The fraction of sp³-hybridized carbons (Fsp3) is 0.688. The van der Waals surface area contributed by atoms with Crippen molar-refractivity contribution < 1.29 is 9.90 Å². The van der Waals surface area contributed by atoms with Crippen LogP contribution in [0.4, 0.5) is 11.8 Å². The van der Waals surface area contributed by atoms with E-state index in [9.17, 15) is 9.90 Å². The van der Waals surface area contributed by atoms with Crippen LogP contribution in [0.1, 0.15) is 55.3 Å². The minimum absolute atomic E-state index is 0.120. The average Bonchev–Trinajstić information content (AvgIpc) is 2.44. The van der Waals surface area contributed by atoms with Gasteiger partial charge in [-0.15, -0.1) is 0 Å². The van der Waals surface area contributed by atoms with Crippen LogP contribution in [-0.2, 0) is 0 Å². The number of nitrogens with two attached hydrogens (primary N) is 1. The second-order valence-electron chi connectivity index (χ2n) is 7.35. The number of nitrogens with one attached hydrogen (secondary N) is 2. The van der Waals surface area contributed by atoms with E-state index in [2.05, 4.69) is 20.6 Å². The van der Waals surface area contributed by atoms with Crippen LogP contribution in [0.5, 0.6) is 0 Å². The molecular weight excluding hydrogens is 294 g/mol. The number of carbonyl (C=O) groups is 1. The zero-order chi connectivity index (χ0) is 16.0. The van der Waals surface area contributed by atoms with E-state index in [0.29, 0.717) is 17.3 Å². The van der Waals surface area contributed by atoms with E-state index >= 15 is 0 Å². The first-order chi connectivity index (χ1) is 11.0. The molecule has 4 aliphatic carbocycles. The predicted octanol–water partition coefficient (Wildman–Crippen LogP) is 1.26. The van der Waals surface area contributed by atoms with Crippen LogP contribution < -0.4 is 16.4 Å². The lowest BCUT2D eigenvalue weighted by Gasteiger charge is -2.62. The van der Waals surface area contributed by atoms with E-state index in [-0.39, 0.29) is 17.7 Å². The molecule has 0 aliphatic heterocycles. The number of rotatable bonds is 5. The normalized spacial score (nSPS) is 34.9. The average molecular weight is 317 g/mol. The molecule has 124 valence electrons. The quantitative estimate of drug-likeness (QED) is 0.650. The Kier molecular flexibility index (Phi) is 3.41. The van der Waals surface area contributed by atoms with E-state index in [4.69, 9.17) is 5.73 Å². The number of primary amides is 1. The van der Waals surface area contributed by atoms with Crippen LogP contribution >= 0.6 is 0 Å². The molecule has 1 aromatic rings. The molecule has 4 saturated carbocycles. The lowest BCUT2D eigenvalue weighted by molar-refractivity contribution is 0.00177. The second-order valence-corrected chi connectivity index (χ2v) is 7.35. The monoisotopic (exact) mass is 317 g/mol. The van der Waals surface area contributed by atoms with E-state index in [0.717, 1.165) is 50.9 Å². The number of aliphatic hydroxyl groups is 1. The Labute approximate surface area is 135 Å². The van der Waals surface area contributed by atoms with E-state index < -0.39 is 5.91 Å². The molecule has 5 N–H and O–H groups in total. The summed E-state index contributed by atoms with van der Waals surface area (Å²) in [5.74, 6) is 1.40. The maximum absolute atomic E-state index is 11.6. The summed E-state index contributed by atoms with van der Waals surface area (Å²) in [6, 6.07) is 0.264. The number of hydrogen-bond donors (Lipinski definition) is 4. The molecule has 4 aliphatic rings. The molecule has 1 amide bonds. The first-order valence-corrected chi connectivity index (χ1v) is 8.43. The Morgan fingerprint density at radius 3 is 2.52 bits per heavy atom. The fourth-order valence-corrected chi connectivity index (χ4v) is 4.01. The lowest BCUT2D eigenvalue weighted by atomic mass is 9.50. The van der Waals surface area contributed by atoms with Crippen molar-refractivity contribution in [1.29, 1.82) is 0 Å². The Bertz CT molecular complexity index is 610. The van der Waals surface area contributed by atoms with Crippen LogP contribution in [0.2, 0.25) is 0 Å². The van der Waals surface area contributed by atoms with Gasteiger partial charge in [0, 0.05) is 17.8 Å². The van der Waals surface area contributed by atoms with Gasteiger partial charge in [-0.2, -0.15) is 4.98 Å². The maximum Gasteiger partial charge on any atom is 0.254 e. The number of aliphatic hydroxyl groups excluding tert-OH is 1. The van der Waals surface area contributed by atoms with Crippen LogP contribution in [0.25, 0.3) is 0 Å². The molecule has 0 unspecified atom stereocenters. The Hall–Kier alpha value is -1.89. The Morgan fingerprint density at radius 1 is 1.26 bits per heavy atom. The molecule has 7 heteroatoms. The van der Waals surface area contributed by atoms with Crippen LogP contribution in [-0.4, -0.2) is 38.7 Å². The highest BCUT2D eigenvalue weighted by atomic mass is 16.3. The topological polar surface area (TPSA) is 113 Å². The third-order valence-electron chi connectivity index (χ3n) is 5.51. The van der Waals surface area contributed by atoms with Crippen molar-refractivity contribution in [2.24, 2.45) is 11.7 Å². The minimum atomic E-state index is -0.508. The largest absolute Gasteiger partial charge is 0.393 e. The summed E-state index contributed by atoms with van der Waals surface area (Å²) in [4.78, 5) is 20.4. The van der Waals surface area contributed by atoms with Crippen molar-refractivity contribution in [2.45, 2.75) is 62.6 Å². The highest BCUT2D eigenvalue weighted by Gasteiger charge is 2.57. The molecule has 1 aromatic heterocycles. The summed E-state index contributed by atoms with van der Waals surface area (Å²) in [7, 11) is 0. The molecule has 5 rings (SSSR count). The SMILES string of the molecule is NC(=O)c1cnc(N[C@H]2CC[C@H](O)CC2)nc1NC12CC(C1)C2. The van der Waals surface area contributed by atoms with Gasteiger partial charge >= 0.3 is 0 Å². The van der Waals surface area contributed by atoms with Gasteiger partial charge in [-0.25, -0.2) is 4.98 Å². The molecular formula is C16H23N5O2. The van der Waals surface area contributed by atoms with Gasteiger partial charge in [-0.1, -0.05) is 0 Å². The number of nitrogens with zero attached hydrogens (tertiary/aromatic N) is 2. The van der Waals surface area contributed by atoms with Gasteiger partial charge in [-0.3, -0.25) is 4.79 Å². The molecule has 7 nitrogen and oxygen atoms in total. The fourth-order valence-electron chi connectivity index (χ4n) is 4.01. The zero-order valence-corrected chi connectivity index (χ0v) is 13.1. The number of aromatic nitrogens is 2. The maximum atomic E-state index is 11.6. The van der Waals surface area contributed by atoms with E-state index in [1.807, 2.05) is 0 Å². The van der Waals surface area contributed by atoms with Gasteiger partial charge in [0.15, 0.2) is 0 Å². The van der Waals surface area contributed by atoms with Crippen molar-refractivity contribution >= 4 is 17.7 Å². The van der Waals surface area contributed by atoms with E-state index in [1.165, 1.54) is 6.20 Å². The smallest absolute Gasteiger partial charge is 0.254 e. The summed E-state index contributed by atoms with van der Waals surface area (Å²) in [6.07, 6.45) is 8.16. The zero-order valence-electron chi connectivity index (χ0n) is 13.1. The summed E-state index contributed by atoms with van der Waals surface area (Å²) in [5.41, 5.74) is 5.92. The molecule has 0 radical (unpaired) electrons. The third kappa shape index (κ3) is 2.73. The molecule has 0 spiro atoms. The van der Waals surface area contributed by atoms with Gasteiger partial charge in [0.25, 0.3) is 5.91 Å². The predicted molar refractivity (Wildman–Crippen MR) is 86.1 cm³/mol. The third-order valence-corrected chi connectivity index (χ3v) is 5.51. The first kappa shape index (κ1) is 14.7.